The zero-order valence-corrected chi connectivity index (χ0v) is 16.8. The minimum absolute atomic E-state index is 0.0335. The molecular formula is C23H27N3O2. The zero-order valence-electron chi connectivity index (χ0n) is 16.8. The summed E-state index contributed by atoms with van der Waals surface area (Å²) in [6.45, 7) is 5.96. The molecule has 0 spiro atoms. The lowest BCUT2D eigenvalue weighted by Gasteiger charge is -2.23. The standard InChI is InChI=1S/C23H27N3O2/c1-4-25(5-2)22(27)17-24(3)23(28)20-16-26(15-18-11-7-6-8-12-18)21-14-10-9-13-19(20)21/h6-14,16H,4-5,15,17H2,1-3H3. The van der Waals surface area contributed by atoms with Gasteiger partial charge in [0.2, 0.25) is 5.91 Å². The number of benzene rings is 2. The summed E-state index contributed by atoms with van der Waals surface area (Å²) in [5.41, 5.74) is 2.81. The number of carbonyl (C=O) groups excluding carboxylic acids is 2. The molecule has 1 aromatic heterocycles. The first-order valence-electron chi connectivity index (χ1n) is 9.70. The van der Waals surface area contributed by atoms with E-state index in [-0.39, 0.29) is 18.4 Å². The normalized spacial score (nSPS) is 10.8. The molecule has 0 fully saturated rings. The third-order valence-corrected chi connectivity index (χ3v) is 5.05. The van der Waals surface area contributed by atoms with Gasteiger partial charge in [0, 0.05) is 43.8 Å². The fourth-order valence-electron chi connectivity index (χ4n) is 3.48. The van der Waals surface area contributed by atoms with Crippen LogP contribution in [0.5, 0.6) is 0 Å². The van der Waals surface area contributed by atoms with Gasteiger partial charge in [0.15, 0.2) is 0 Å². The Morgan fingerprint density at radius 1 is 0.929 bits per heavy atom. The third kappa shape index (κ3) is 4.09. The monoisotopic (exact) mass is 377 g/mol. The van der Waals surface area contributed by atoms with E-state index in [1.54, 1.807) is 11.9 Å². The van der Waals surface area contributed by atoms with Gasteiger partial charge in [-0.3, -0.25) is 9.59 Å². The topological polar surface area (TPSA) is 45.6 Å². The number of hydrogen-bond acceptors (Lipinski definition) is 2. The SMILES string of the molecule is CCN(CC)C(=O)CN(C)C(=O)c1cn(Cc2ccccc2)c2ccccc12. The lowest BCUT2D eigenvalue weighted by atomic mass is 10.1. The van der Waals surface area contributed by atoms with E-state index in [0.717, 1.165) is 10.9 Å². The number of likely N-dealkylation sites (N-methyl/N-ethyl adjacent to an activating group) is 2. The fourth-order valence-corrected chi connectivity index (χ4v) is 3.48. The summed E-state index contributed by atoms with van der Waals surface area (Å²) in [4.78, 5) is 28.7. The van der Waals surface area contributed by atoms with Gasteiger partial charge >= 0.3 is 0 Å². The van der Waals surface area contributed by atoms with Gasteiger partial charge in [0.05, 0.1) is 12.1 Å². The molecule has 146 valence electrons. The van der Waals surface area contributed by atoms with Crippen LogP contribution < -0.4 is 0 Å². The number of para-hydroxylation sites is 1. The summed E-state index contributed by atoms with van der Waals surface area (Å²) < 4.78 is 2.10. The quantitative estimate of drug-likeness (QED) is 0.631. The predicted molar refractivity (Wildman–Crippen MR) is 112 cm³/mol. The Hall–Kier alpha value is -3.08. The molecule has 0 radical (unpaired) electrons. The van der Waals surface area contributed by atoms with Crippen LogP contribution in [0.4, 0.5) is 0 Å². The van der Waals surface area contributed by atoms with Gasteiger partial charge in [-0.2, -0.15) is 0 Å². The molecule has 1 heterocycles. The number of nitrogens with zero attached hydrogens (tertiary/aromatic N) is 3. The highest BCUT2D eigenvalue weighted by atomic mass is 16.2. The number of hydrogen-bond donors (Lipinski definition) is 0. The molecular weight excluding hydrogens is 350 g/mol. The van der Waals surface area contributed by atoms with E-state index in [0.29, 0.717) is 25.2 Å². The highest BCUT2D eigenvalue weighted by molar-refractivity contribution is 6.07. The van der Waals surface area contributed by atoms with Gasteiger partial charge in [-0.25, -0.2) is 0 Å². The van der Waals surface area contributed by atoms with Crippen LogP contribution in [-0.4, -0.2) is 52.9 Å². The lowest BCUT2D eigenvalue weighted by molar-refractivity contribution is -0.131. The summed E-state index contributed by atoms with van der Waals surface area (Å²) in [7, 11) is 1.69. The molecule has 0 unspecified atom stereocenters. The summed E-state index contributed by atoms with van der Waals surface area (Å²) in [6.07, 6.45) is 1.90. The highest BCUT2D eigenvalue weighted by Gasteiger charge is 2.21. The molecule has 0 aliphatic heterocycles. The first-order valence-corrected chi connectivity index (χ1v) is 9.70. The van der Waals surface area contributed by atoms with E-state index in [1.165, 1.54) is 10.5 Å². The highest BCUT2D eigenvalue weighted by Crippen LogP contribution is 2.23. The summed E-state index contributed by atoms with van der Waals surface area (Å²) in [6, 6.07) is 18.1. The van der Waals surface area contributed by atoms with E-state index in [9.17, 15) is 9.59 Å². The van der Waals surface area contributed by atoms with Gasteiger partial charge in [0.1, 0.15) is 0 Å². The number of rotatable bonds is 7. The summed E-state index contributed by atoms with van der Waals surface area (Å²) in [5, 5.41) is 0.908. The molecule has 5 heteroatoms. The fraction of sp³-hybridized carbons (Fsp3) is 0.304. The average Bonchev–Trinajstić information content (AvgIpc) is 3.07. The third-order valence-electron chi connectivity index (χ3n) is 5.05. The summed E-state index contributed by atoms with van der Waals surface area (Å²) >= 11 is 0. The van der Waals surface area contributed by atoms with Crippen LogP contribution in [0, 0.1) is 0 Å². The smallest absolute Gasteiger partial charge is 0.256 e. The number of fused-ring (bicyclic) bond motifs is 1. The zero-order chi connectivity index (χ0) is 20.1. The molecule has 0 aliphatic rings. The van der Waals surface area contributed by atoms with Crippen LogP contribution in [0.15, 0.2) is 60.8 Å². The molecule has 0 saturated heterocycles. The molecule has 28 heavy (non-hydrogen) atoms. The Balaban J connectivity index is 1.88. The van der Waals surface area contributed by atoms with Crippen molar-refractivity contribution in [1.82, 2.24) is 14.4 Å². The molecule has 2 aromatic carbocycles. The molecule has 0 atom stereocenters. The molecule has 0 saturated carbocycles. The van der Waals surface area contributed by atoms with Gasteiger partial charge < -0.3 is 14.4 Å². The second kappa shape index (κ2) is 8.74. The summed E-state index contributed by atoms with van der Waals surface area (Å²) in [5.74, 6) is -0.169. The van der Waals surface area contributed by atoms with E-state index in [2.05, 4.69) is 16.7 Å². The van der Waals surface area contributed by atoms with Crippen LogP contribution in [-0.2, 0) is 11.3 Å². The van der Waals surface area contributed by atoms with Crippen molar-refractivity contribution in [3.05, 3.63) is 71.9 Å². The maximum atomic E-state index is 13.1. The van der Waals surface area contributed by atoms with Gasteiger partial charge in [0.25, 0.3) is 5.91 Å². The first-order chi connectivity index (χ1) is 13.5. The predicted octanol–water partition coefficient (Wildman–Crippen LogP) is 3.63. The number of aromatic nitrogens is 1. The Labute approximate surface area is 166 Å². The van der Waals surface area contributed by atoms with E-state index >= 15 is 0 Å². The minimum atomic E-state index is -0.136. The molecule has 3 aromatic rings. The van der Waals surface area contributed by atoms with Crippen LogP contribution in [0.1, 0.15) is 29.8 Å². The Morgan fingerprint density at radius 3 is 2.25 bits per heavy atom. The van der Waals surface area contributed by atoms with Gasteiger partial charge in [-0.1, -0.05) is 48.5 Å². The van der Waals surface area contributed by atoms with E-state index in [4.69, 9.17) is 0 Å². The van der Waals surface area contributed by atoms with Crippen molar-refractivity contribution in [2.24, 2.45) is 0 Å². The molecule has 0 bridgehead atoms. The molecule has 3 rings (SSSR count). The second-order valence-corrected chi connectivity index (χ2v) is 6.90. The molecule has 2 amide bonds. The Bertz CT molecular complexity index is 958. The second-order valence-electron chi connectivity index (χ2n) is 6.90. The van der Waals surface area contributed by atoms with E-state index < -0.39 is 0 Å². The lowest BCUT2D eigenvalue weighted by Crippen LogP contribution is -2.41. The van der Waals surface area contributed by atoms with Crippen molar-refractivity contribution in [2.75, 3.05) is 26.7 Å². The van der Waals surface area contributed by atoms with Gasteiger partial charge in [-0.05, 0) is 25.5 Å². The van der Waals surface area contributed by atoms with Gasteiger partial charge in [-0.15, -0.1) is 0 Å². The minimum Gasteiger partial charge on any atom is -0.342 e. The van der Waals surface area contributed by atoms with Crippen LogP contribution in [0.2, 0.25) is 0 Å². The van der Waals surface area contributed by atoms with Crippen molar-refractivity contribution in [1.29, 1.82) is 0 Å². The molecule has 0 N–H and O–H groups in total. The Kier molecular flexibility index (Phi) is 6.14. The largest absolute Gasteiger partial charge is 0.342 e. The van der Waals surface area contributed by atoms with Crippen LogP contribution in [0.25, 0.3) is 10.9 Å². The first kappa shape index (κ1) is 19.7. The molecule has 5 nitrogen and oxygen atoms in total. The number of carbonyl (C=O) groups is 2. The Morgan fingerprint density at radius 2 is 1.57 bits per heavy atom. The van der Waals surface area contributed by atoms with Crippen molar-refractivity contribution < 1.29 is 9.59 Å². The van der Waals surface area contributed by atoms with Crippen LogP contribution in [0.3, 0.4) is 0 Å². The van der Waals surface area contributed by atoms with Crippen molar-refractivity contribution in [2.45, 2.75) is 20.4 Å². The number of amides is 2. The van der Waals surface area contributed by atoms with Crippen molar-refractivity contribution in [3.8, 4) is 0 Å². The van der Waals surface area contributed by atoms with Crippen molar-refractivity contribution in [3.63, 3.8) is 0 Å². The van der Waals surface area contributed by atoms with E-state index in [1.807, 2.05) is 62.5 Å². The average molecular weight is 377 g/mol. The molecule has 0 aliphatic carbocycles. The van der Waals surface area contributed by atoms with Crippen LogP contribution >= 0.6 is 0 Å². The maximum Gasteiger partial charge on any atom is 0.256 e. The van der Waals surface area contributed by atoms with Crippen molar-refractivity contribution >= 4 is 22.7 Å². The maximum absolute atomic E-state index is 13.1.